The van der Waals surface area contributed by atoms with E-state index in [0.717, 1.165) is 28.2 Å². The number of fused-ring (bicyclic) bond motifs is 1. The van der Waals surface area contributed by atoms with E-state index in [-0.39, 0.29) is 0 Å². The predicted molar refractivity (Wildman–Crippen MR) is 95.9 cm³/mol. The van der Waals surface area contributed by atoms with E-state index in [1.54, 1.807) is 6.20 Å². The highest BCUT2D eigenvalue weighted by Gasteiger charge is 2.07. The summed E-state index contributed by atoms with van der Waals surface area (Å²) in [4.78, 5) is 13.6. The van der Waals surface area contributed by atoms with Crippen LogP contribution in [-0.2, 0) is 0 Å². The third kappa shape index (κ3) is 2.82. The maximum atomic E-state index is 4.86. The van der Waals surface area contributed by atoms with Crippen LogP contribution in [0.5, 0.6) is 0 Å². The second-order valence-corrected chi connectivity index (χ2v) is 5.59. The summed E-state index contributed by atoms with van der Waals surface area (Å²) in [5.41, 5.74) is 4.81. The fourth-order valence-corrected chi connectivity index (χ4v) is 2.67. The standard InChI is InChI=1S/C20H16N4/c1-15-13-24-14-18(12-21-20(24)22-15)23-19(16-8-4-2-5-9-16)17-10-6-3-7-11-17/h2-14H,1H3. The van der Waals surface area contributed by atoms with E-state index in [1.807, 2.05) is 60.1 Å². The highest BCUT2D eigenvalue weighted by molar-refractivity contribution is 6.13. The van der Waals surface area contributed by atoms with Crippen molar-refractivity contribution in [1.82, 2.24) is 14.4 Å². The van der Waals surface area contributed by atoms with Crippen LogP contribution in [0.4, 0.5) is 5.69 Å². The Morgan fingerprint density at radius 2 is 1.50 bits per heavy atom. The minimum Gasteiger partial charge on any atom is -0.289 e. The predicted octanol–water partition coefficient (Wildman–Crippen LogP) is 4.21. The molecule has 0 N–H and O–H groups in total. The molecule has 4 nitrogen and oxygen atoms in total. The molecule has 0 amide bonds. The maximum Gasteiger partial charge on any atom is 0.234 e. The Balaban J connectivity index is 1.86. The van der Waals surface area contributed by atoms with Crippen molar-refractivity contribution in [1.29, 1.82) is 0 Å². The Bertz CT molecular complexity index is 960. The molecule has 2 aromatic carbocycles. The first-order valence-corrected chi connectivity index (χ1v) is 7.80. The summed E-state index contributed by atoms with van der Waals surface area (Å²) in [5.74, 6) is 0.687. The topological polar surface area (TPSA) is 42.5 Å². The SMILES string of the molecule is Cc1cn2cc(N=C(c3ccccc3)c3ccccc3)cnc2n1. The summed E-state index contributed by atoms with van der Waals surface area (Å²) >= 11 is 0. The summed E-state index contributed by atoms with van der Waals surface area (Å²) in [6, 6.07) is 20.4. The van der Waals surface area contributed by atoms with Crippen LogP contribution in [-0.4, -0.2) is 20.1 Å². The summed E-state index contributed by atoms with van der Waals surface area (Å²) in [6.07, 6.45) is 5.66. The van der Waals surface area contributed by atoms with Crippen LogP contribution >= 0.6 is 0 Å². The Kier molecular flexibility index (Phi) is 3.63. The summed E-state index contributed by atoms with van der Waals surface area (Å²) in [7, 11) is 0. The molecule has 116 valence electrons. The molecule has 4 heteroatoms. The molecule has 0 saturated carbocycles. The van der Waals surface area contributed by atoms with Crippen LogP contribution < -0.4 is 0 Å². The van der Waals surface area contributed by atoms with Gasteiger partial charge in [0.15, 0.2) is 0 Å². The Morgan fingerprint density at radius 1 is 0.875 bits per heavy atom. The van der Waals surface area contributed by atoms with Crippen LogP contribution in [0.2, 0.25) is 0 Å². The molecule has 0 atom stereocenters. The third-order valence-corrected chi connectivity index (χ3v) is 3.75. The van der Waals surface area contributed by atoms with Gasteiger partial charge in [-0.1, -0.05) is 60.7 Å². The molecule has 0 unspecified atom stereocenters. The average molecular weight is 312 g/mol. The first-order chi connectivity index (χ1) is 11.8. The van der Waals surface area contributed by atoms with Crippen molar-refractivity contribution < 1.29 is 0 Å². The van der Waals surface area contributed by atoms with Crippen molar-refractivity contribution in [3.63, 3.8) is 0 Å². The van der Waals surface area contributed by atoms with Gasteiger partial charge in [-0.3, -0.25) is 4.40 Å². The molecule has 0 aliphatic rings. The van der Waals surface area contributed by atoms with E-state index in [2.05, 4.69) is 34.2 Å². The zero-order valence-electron chi connectivity index (χ0n) is 13.3. The number of aryl methyl sites for hydroxylation is 1. The van der Waals surface area contributed by atoms with E-state index in [1.165, 1.54) is 0 Å². The number of nitrogens with zero attached hydrogens (tertiary/aromatic N) is 4. The van der Waals surface area contributed by atoms with Gasteiger partial charge in [0.2, 0.25) is 5.78 Å². The molecular formula is C20H16N4. The van der Waals surface area contributed by atoms with Gasteiger partial charge in [0.05, 0.1) is 23.3 Å². The molecule has 0 spiro atoms. The van der Waals surface area contributed by atoms with E-state index in [9.17, 15) is 0 Å². The number of hydrogen-bond acceptors (Lipinski definition) is 3. The minimum atomic E-state index is 0.687. The molecule has 0 fully saturated rings. The van der Waals surface area contributed by atoms with Gasteiger partial charge in [0.1, 0.15) is 0 Å². The van der Waals surface area contributed by atoms with Crippen LogP contribution in [0.1, 0.15) is 16.8 Å². The highest BCUT2D eigenvalue weighted by Crippen LogP contribution is 2.18. The first kappa shape index (κ1) is 14.3. The van der Waals surface area contributed by atoms with Crippen molar-refractivity contribution in [2.45, 2.75) is 6.92 Å². The number of aromatic nitrogens is 3. The lowest BCUT2D eigenvalue weighted by Crippen LogP contribution is -2.02. The van der Waals surface area contributed by atoms with Crippen LogP contribution in [0.3, 0.4) is 0 Å². The third-order valence-electron chi connectivity index (χ3n) is 3.75. The number of imidazole rings is 1. The normalized spacial score (nSPS) is 10.7. The van der Waals surface area contributed by atoms with Gasteiger partial charge in [-0.25, -0.2) is 15.0 Å². The largest absolute Gasteiger partial charge is 0.289 e. The molecule has 0 bridgehead atoms. The molecule has 0 radical (unpaired) electrons. The zero-order valence-corrected chi connectivity index (χ0v) is 13.3. The molecule has 4 aromatic rings. The van der Waals surface area contributed by atoms with Gasteiger partial charge in [0, 0.05) is 23.5 Å². The Hall–Kier alpha value is -3.27. The number of hydrogen-bond donors (Lipinski definition) is 0. The minimum absolute atomic E-state index is 0.687. The summed E-state index contributed by atoms with van der Waals surface area (Å²) < 4.78 is 1.90. The van der Waals surface area contributed by atoms with Gasteiger partial charge in [-0.15, -0.1) is 0 Å². The summed E-state index contributed by atoms with van der Waals surface area (Å²) in [5, 5.41) is 0. The quantitative estimate of drug-likeness (QED) is 0.532. The zero-order chi connectivity index (χ0) is 16.4. The van der Waals surface area contributed by atoms with Gasteiger partial charge < -0.3 is 0 Å². The monoisotopic (exact) mass is 312 g/mol. The van der Waals surface area contributed by atoms with Crippen LogP contribution in [0.25, 0.3) is 5.78 Å². The van der Waals surface area contributed by atoms with Gasteiger partial charge in [0.25, 0.3) is 0 Å². The van der Waals surface area contributed by atoms with Crippen molar-refractivity contribution in [3.05, 3.63) is 96.1 Å². The lowest BCUT2D eigenvalue weighted by atomic mass is 10.0. The second kappa shape index (κ2) is 6.08. The molecule has 2 aromatic heterocycles. The number of benzene rings is 2. The molecular weight excluding hydrogens is 296 g/mol. The molecule has 4 rings (SSSR count). The lowest BCUT2D eigenvalue weighted by Gasteiger charge is -2.07. The highest BCUT2D eigenvalue weighted by atomic mass is 15.1. The molecule has 0 aliphatic heterocycles. The fourth-order valence-electron chi connectivity index (χ4n) is 2.67. The van der Waals surface area contributed by atoms with Crippen LogP contribution in [0, 0.1) is 6.92 Å². The molecule has 2 heterocycles. The van der Waals surface area contributed by atoms with E-state index >= 15 is 0 Å². The fraction of sp³-hybridized carbons (Fsp3) is 0.0500. The first-order valence-electron chi connectivity index (χ1n) is 7.80. The Labute approximate surface area is 140 Å². The second-order valence-electron chi connectivity index (χ2n) is 5.59. The summed E-state index contributed by atoms with van der Waals surface area (Å²) in [6.45, 7) is 1.96. The van der Waals surface area contributed by atoms with Gasteiger partial charge in [-0.2, -0.15) is 0 Å². The van der Waals surface area contributed by atoms with Crippen molar-refractivity contribution >= 4 is 17.2 Å². The van der Waals surface area contributed by atoms with E-state index in [0.29, 0.717) is 5.78 Å². The lowest BCUT2D eigenvalue weighted by molar-refractivity contribution is 1.10. The van der Waals surface area contributed by atoms with E-state index in [4.69, 9.17) is 4.99 Å². The van der Waals surface area contributed by atoms with Gasteiger partial charge in [-0.05, 0) is 6.92 Å². The molecule has 0 saturated heterocycles. The van der Waals surface area contributed by atoms with Crippen LogP contribution in [0.15, 0.2) is 84.2 Å². The van der Waals surface area contributed by atoms with Gasteiger partial charge >= 0.3 is 0 Å². The Morgan fingerprint density at radius 3 is 2.12 bits per heavy atom. The number of aliphatic imine (C=N–C) groups is 1. The van der Waals surface area contributed by atoms with Crippen molar-refractivity contribution in [2.75, 3.05) is 0 Å². The van der Waals surface area contributed by atoms with Crippen molar-refractivity contribution in [2.24, 2.45) is 4.99 Å². The smallest absolute Gasteiger partial charge is 0.234 e. The van der Waals surface area contributed by atoms with Crippen molar-refractivity contribution in [3.8, 4) is 0 Å². The van der Waals surface area contributed by atoms with E-state index < -0.39 is 0 Å². The maximum absolute atomic E-state index is 4.86. The molecule has 0 aliphatic carbocycles. The average Bonchev–Trinajstić information content (AvgIpc) is 3.00. The number of rotatable bonds is 3. The molecule has 24 heavy (non-hydrogen) atoms.